The fourth-order valence-corrected chi connectivity index (χ4v) is 1.37. The Kier molecular flexibility index (Phi) is 1.77. The zero-order chi connectivity index (χ0) is 9.26. The van der Waals surface area contributed by atoms with Gasteiger partial charge in [-0.3, -0.25) is 4.57 Å². The SMILES string of the molecule is CC=Cn1c(N)nc2ccccc21. The Morgan fingerprint density at radius 1 is 1.38 bits per heavy atom. The fourth-order valence-electron chi connectivity index (χ4n) is 1.37. The van der Waals surface area contributed by atoms with Gasteiger partial charge in [0.15, 0.2) is 0 Å². The van der Waals surface area contributed by atoms with Crippen LogP contribution in [0.25, 0.3) is 17.2 Å². The molecule has 1 aromatic heterocycles. The molecule has 0 saturated heterocycles. The van der Waals surface area contributed by atoms with Crippen molar-refractivity contribution >= 4 is 23.2 Å². The molecule has 0 unspecified atom stereocenters. The first-order chi connectivity index (χ1) is 6.33. The third kappa shape index (κ3) is 1.18. The van der Waals surface area contributed by atoms with Crippen LogP contribution in [0.5, 0.6) is 0 Å². The molecule has 0 radical (unpaired) electrons. The number of nitrogens with zero attached hydrogens (tertiary/aromatic N) is 2. The Bertz CT molecular complexity index is 454. The second kappa shape index (κ2) is 2.94. The standard InChI is InChI=1S/C10H11N3/c1-2-7-13-9-6-4-3-5-8(9)12-10(13)11/h2-7H,1H3,(H2,11,12). The van der Waals surface area contributed by atoms with Crippen molar-refractivity contribution in [3.8, 4) is 0 Å². The molecule has 1 heterocycles. The van der Waals surface area contributed by atoms with Gasteiger partial charge in [0.1, 0.15) is 0 Å². The van der Waals surface area contributed by atoms with Crippen molar-refractivity contribution in [3.63, 3.8) is 0 Å². The van der Waals surface area contributed by atoms with E-state index >= 15 is 0 Å². The Hall–Kier alpha value is -1.77. The highest BCUT2D eigenvalue weighted by Crippen LogP contribution is 2.17. The van der Waals surface area contributed by atoms with Crippen LogP contribution in [0.2, 0.25) is 0 Å². The lowest BCUT2D eigenvalue weighted by molar-refractivity contribution is 1.19. The maximum atomic E-state index is 5.74. The zero-order valence-electron chi connectivity index (χ0n) is 7.44. The molecule has 0 aliphatic heterocycles. The van der Waals surface area contributed by atoms with Gasteiger partial charge in [-0.25, -0.2) is 4.98 Å². The van der Waals surface area contributed by atoms with Crippen molar-refractivity contribution in [1.29, 1.82) is 0 Å². The molecule has 0 fully saturated rings. The van der Waals surface area contributed by atoms with Crippen molar-refractivity contribution in [1.82, 2.24) is 9.55 Å². The van der Waals surface area contributed by atoms with Gasteiger partial charge < -0.3 is 5.73 Å². The summed E-state index contributed by atoms with van der Waals surface area (Å²) in [6, 6.07) is 7.88. The Labute approximate surface area is 76.5 Å². The Morgan fingerprint density at radius 2 is 2.15 bits per heavy atom. The summed E-state index contributed by atoms with van der Waals surface area (Å²) in [5.74, 6) is 0.527. The maximum absolute atomic E-state index is 5.74. The number of nitrogen functional groups attached to an aromatic ring is 1. The van der Waals surface area contributed by atoms with Gasteiger partial charge in [-0.05, 0) is 19.1 Å². The topological polar surface area (TPSA) is 43.8 Å². The van der Waals surface area contributed by atoms with Crippen molar-refractivity contribution in [2.45, 2.75) is 6.92 Å². The normalized spacial score (nSPS) is 11.5. The number of aromatic nitrogens is 2. The lowest BCUT2D eigenvalue weighted by Gasteiger charge is -1.96. The lowest BCUT2D eigenvalue weighted by atomic mass is 10.3. The fraction of sp³-hybridized carbons (Fsp3) is 0.100. The van der Waals surface area contributed by atoms with Gasteiger partial charge >= 0.3 is 0 Å². The molecule has 3 heteroatoms. The van der Waals surface area contributed by atoms with E-state index in [0.717, 1.165) is 11.0 Å². The lowest BCUT2D eigenvalue weighted by Crippen LogP contribution is -1.94. The van der Waals surface area contributed by atoms with Crippen molar-refractivity contribution in [3.05, 3.63) is 30.3 Å². The number of nitrogens with two attached hydrogens (primary N) is 1. The van der Waals surface area contributed by atoms with Gasteiger partial charge in [-0.2, -0.15) is 0 Å². The van der Waals surface area contributed by atoms with Gasteiger partial charge in [0, 0.05) is 6.20 Å². The number of para-hydroxylation sites is 2. The van der Waals surface area contributed by atoms with E-state index in [9.17, 15) is 0 Å². The predicted molar refractivity (Wildman–Crippen MR) is 55.1 cm³/mol. The van der Waals surface area contributed by atoms with Crippen LogP contribution in [0.1, 0.15) is 6.92 Å². The third-order valence-electron chi connectivity index (χ3n) is 1.92. The van der Waals surface area contributed by atoms with Crippen LogP contribution < -0.4 is 5.73 Å². The van der Waals surface area contributed by atoms with Crippen LogP contribution in [0, 0.1) is 0 Å². The highest BCUT2D eigenvalue weighted by molar-refractivity contribution is 5.80. The number of benzene rings is 1. The van der Waals surface area contributed by atoms with Gasteiger partial charge in [0.2, 0.25) is 5.95 Å². The van der Waals surface area contributed by atoms with E-state index in [0.29, 0.717) is 5.95 Å². The van der Waals surface area contributed by atoms with E-state index in [2.05, 4.69) is 4.98 Å². The Morgan fingerprint density at radius 3 is 2.92 bits per heavy atom. The molecule has 0 spiro atoms. The summed E-state index contributed by atoms with van der Waals surface area (Å²) in [5.41, 5.74) is 7.71. The van der Waals surface area contributed by atoms with Crippen molar-refractivity contribution in [2.24, 2.45) is 0 Å². The van der Waals surface area contributed by atoms with Gasteiger partial charge in [-0.1, -0.05) is 18.2 Å². The summed E-state index contributed by atoms with van der Waals surface area (Å²) in [6.45, 7) is 1.95. The van der Waals surface area contributed by atoms with Crippen molar-refractivity contribution in [2.75, 3.05) is 5.73 Å². The van der Waals surface area contributed by atoms with E-state index < -0.39 is 0 Å². The number of hydrogen-bond donors (Lipinski definition) is 1. The number of allylic oxidation sites excluding steroid dienone is 1. The van der Waals surface area contributed by atoms with Gasteiger partial charge in [0.25, 0.3) is 0 Å². The highest BCUT2D eigenvalue weighted by Gasteiger charge is 2.02. The molecular formula is C10H11N3. The first-order valence-corrected chi connectivity index (χ1v) is 4.18. The molecule has 0 aliphatic rings. The molecule has 13 heavy (non-hydrogen) atoms. The smallest absolute Gasteiger partial charge is 0.205 e. The van der Waals surface area contributed by atoms with E-state index in [1.807, 2.05) is 48.0 Å². The summed E-state index contributed by atoms with van der Waals surface area (Å²) in [4.78, 5) is 4.22. The molecule has 0 amide bonds. The number of rotatable bonds is 1. The molecule has 0 aliphatic carbocycles. The van der Waals surface area contributed by atoms with Crippen LogP contribution >= 0.6 is 0 Å². The molecule has 0 atom stereocenters. The molecule has 1 aromatic carbocycles. The molecule has 3 nitrogen and oxygen atoms in total. The largest absolute Gasteiger partial charge is 0.369 e. The van der Waals surface area contributed by atoms with E-state index in [4.69, 9.17) is 5.73 Å². The van der Waals surface area contributed by atoms with E-state index in [-0.39, 0.29) is 0 Å². The molecule has 66 valence electrons. The van der Waals surface area contributed by atoms with Crippen LogP contribution in [-0.2, 0) is 0 Å². The molecule has 2 rings (SSSR count). The average Bonchev–Trinajstić information content (AvgIpc) is 2.44. The van der Waals surface area contributed by atoms with Crippen molar-refractivity contribution < 1.29 is 0 Å². The maximum Gasteiger partial charge on any atom is 0.205 e. The van der Waals surface area contributed by atoms with Gasteiger partial charge in [0.05, 0.1) is 11.0 Å². The first kappa shape index (κ1) is 7.86. The second-order valence-electron chi connectivity index (χ2n) is 2.81. The predicted octanol–water partition coefficient (Wildman–Crippen LogP) is 2.11. The molecule has 0 bridgehead atoms. The zero-order valence-corrected chi connectivity index (χ0v) is 7.44. The summed E-state index contributed by atoms with van der Waals surface area (Å²) in [6.07, 6.45) is 3.84. The number of hydrogen-bond acceptors (Lipinski definition) is 2. The minimum Gasteiger partial charge on any atom is -0.369 e. The number of fused-ring (bicyclic) bond motifs is 1. The van der Waals surface area contributed by atoms with Crippen LogP contribution in [0.15, 0.2) is 30.3 Å². The molecular weight excluding hydrogens is 162 g/mol. The van der Waals surface area contributed by atoms with Crippen LogP contribution in [0.4, 0.5) is 5.95 Å². The second-order valence-corrected chi connectivity index (χ2v) is 2.81. The summed E-state index contributed by atoms with van der Waals surface area (Å²) in [7, 11) is 0. The minimum atomic E-state index is 0.527. The number of imidazole rings is 1. The van der Waals surface area contributed by atoms with E-state index in [1.165, 1.54) is 0 Å². The van der Waals surface area contributed by atoms with Gasteiger partial charge in [-0.15, -0.1) is 0 Å². The quantitative estimate of drug-likeness (QED) is 0.717. The third-order valence-corrected chi connectivity index (χ3v) is 1.92. The van der Waals surface area contributed by atoms with E-state index in [1.54, 1.807) is 0 Å². The summed E-state index contributed by atoms with van der Waals surface area (Å²) < 4.78 is 1.87. The summed E-state index contributed by atoms with van der Waals surface area (Å²) >= 11 is 0. The summed E-state index contributed by atoms with van der Waals surface area (Å²) in [5, 5.41) is 0. The highest BCUT2D eigenvalue weighted by atomic mass is 15.1. The van der Waals surface area contributed by atoms with Crippen LogP contribution in [0.3, 0.4) is 0 Å². The van der Waals surface area contributed by atoms with Crippen LogP contribution in [-0.4, -0.2) is 9.55 Å². The number of anilines is 1. The monoisotopic (exact) mass is 173 g/mol. The molecule has 0 saturated carbocycles. The minimum absolute atomic E-state index is 0.527. The molecule has 2 N–H and O–H groups in total. The molecule has 2 aromatic rings. The Balaban J connectivity index is 2.78. The average molecular weight is 173 g/mol. The first-order valence-electron chi connectivity index (χ1n) is 4.18.